The molecule has 0 aliphatic rings. The number of para-hydroxylation sites is 1. The van der Waals surface area contributed by atoms with Gasteiger partial charge in [0.15, 0.2) is 6.61 Å². The zero-order valence-corrected chi connectivity index (χ0v) is 18.2. The lowest BCUT2D eigenvalue weighted by atomic mass is 10.2. The zero-order chi connectivity index (χ0) is 23.8. The minimum atomic E-state index is -0.549. The van der Waals surface area contributed by atoms with E-state index in [1.54, 1.807) is 42.5 Å². The monoisotopic (exact) mass is 466 g/mol. The van der Waals surface area contributed by atoms with E-state index in [-0.39, 0.29) is 23.8 Å². The van der Waals surface area contributed by atoms with Gasteiger partial charge >= 0.3 is 0 Å². The summed E-state index contributed by atoms with van der Waals surface area (Å²) >= 11 is 6.07. The lowest BCUT2D eigenvalue weighted by Crippen LogP contribution is -2.20. The van der Waals surface area contributed by atoms with Gasteiger partial charge in [-0.2, -0.15) is 5.10 Å². The molecular weight excluding hydrogens is 448 g/mol. The molecule has 0 aliphatic heterocycles. The molecule has 0 aliphatic carbocycles. The fraction of sp³-hybridized carbons (Fsp3) is 0.0870. The zero-order valence-electron chi connectivity index (χ0n) is 17.4. The maximum atomic E-state index is 12.2. The number of ether oxygens (including phenoxy) is 1. The predicted octanol–water partition coefficient (Wildman–Crippen LogP) is 4.34. The van der Waals surface area contributed by atoms with E-state index in [1.807, 2.05) is 6.92 Å². The number of nitro groups is 1. The number of benzene rings is 3. The second-order valence-corrected chi connectivity index (χ2v) is 7.25. The summed E-state index contributed by atoms with van der Waals surface area (Å²) in [5.74, 6) is -0.508. The van der Waals surface area contributed by atoms with Crippen LogP contribution in [0, 0.1) is 17.0 Å². The molecule has 2 amide bonds. The Balaban J connectivity index is 1.57. The molecule has 9 nitrogen and oxygen atoms in total. The van der Waals surface area contributed by atoms with Gasteiger partial charge in [-0.3, -0.25) is 19.7 Å². The molecule has 0 unspecified atom stereocenters. The van der Waals surface area contributed by atoms with Crippen molar-refractivity contribution in [2.75, 3.05) is 11.9 Å². The highest BCUT2D eigenvalue weighted by molar-refractivity contribution is 6.31. The molecule has 0 heterocycles. The van der Waals surface area contributed by atoms with Crippen molar-refractivity contribution in [1.29, 1.82) is 0 Å². The van der Waals surface area contributed by atoms with Crippen LogP contribution in [0.3, 0.4) is 0 Å². The highest BCUT2D eigenvalue weighted by Gasteiger charge is 2.10. The van der Waals surface area contributed by atoms with Gasteiger partial charge in [-0.1, -0.05) is 29.8 Å². The second kappa shape index (κ2) is 10.9. The molecule has 33 heavy (non-hydrogen) atoms. The smallest absolute Gasteiger partial charge is 0.271 e. The van der Waals surface area contributed by atoms with Crippen LogP contribution in [0.4, 0.5) is 11.4 Å². The number of non-ortho nitro benzene ring substituents is 1. The summed E-state index contributed by atoms with van der Waals surface area (Å²) in [7, 11) is 0. The van der Waals surface area contributed by atoms with Gasteiger partial charge in [-0.25, -0.2) is 5.43 Å². The molecule has 0 saturated carbocycles. The SMILES string of the molecule is Cc1ccc(NC(=O)COc2ccccc2/C=N/NC(=O)c2ccc([N+](=O)[O-])cc2)cc1Cl. The van der Waals surface area contributed by atoms with Gasteiger partial charge in [0.05, 0.1) is 11.1 Å². The van der Waals surface area contributed by atoms with E-state index in [9.17, 15) is 19.7 Å². The predicted molar refractivity (Wildman–Crippen MR) is 125 cm³/mol. The van der Waals surface area contributed by atoms with Crippen LogP contribution >= 0.6 is 11.6 Å². The number of hydrogen-bond acceptors (Lipinski definition) is 6. The van der Waals surface area contributed by atoms with Gasteiger partial charge in [-0.05, 0) is 48.9 Å². The van der Waals surface area contributed by atoms with Crippen LogP contribution in [-0.2, 0) is 4.79 Å². The van der Waals surface area contributed by atoms with Crippen molar-refractivity contribution >= 4 is 41.0 Å². The average molecular weight is 467 g/mol. The number of nitro benzene ring substituents is 1. The third kappa shape index (κ3) is 6.62. The number of hydrogen-bond donors (Lipinski definition) is 2. The molecule has 10 heteroatoms. The standard InChI is InChI=1S/C23H19ClN4O5/c1-15-6-9-18(12-20(15)24)26-22(29)14-33-21-5-3-2-4-17(21)13-25-27-23(30)16-7-10-19(11-8-16)28(31)32/h2-13H,14H2,1H3,(H,26,29)(H,27,30)/b25-13+. The number of nitrogens with zero attached hydrogens (tertiary/aromatic N) is 2. The van der Waals surface area contributed by atoms with Crippen molar-refractivity contribution in [2.45, 2.75) is 6.92 Å². The van der Waals surface area contributed by atoms with Gasteiger partial charge in [0.1, 0.15) is 5.75 Å². The fourth-order valence-corrected chi connectivity index (χ4v) is 2.87. The van der Waals surface area contributed by atoms with Crippen LogP contribution in [-0.4, -0.2) is 29.6 Å². The quantitative estimate of drug-likeness (QED) is 0.290. The lowest BCUT2D eigenvalue weighted by molar-refractivity contribution is -0.384. The second-order valence-electron chi connectivity index (χ2n) is 6.84. The number of carbonyl (C=O) groups is 2. The highest BCUT2D eigenvalue weighted by Crippen LogP contribution is 2.20. The molecule has 0 radical (unpaired) electrons. The molecule has 0 atom stereocenters. The number of aryl methyl sites for hydroxylation is 1. The van der Waals surface area contributed by atoms with Crippen LogP contribution in [0.25, 0.3) is 0 Å². The molecule has 0 fully saturated rings. The number of halogens is 1. The first-order valence-electron chi connectivity index (χ1n) is 9.69. The molecule has 168 valence electrons. The fourth-order valence-electron chi connectivity index (χ4n) is 2.69. The minimum Gasteiger partial charge on any atom is -0.483 e. The van der Waals surface area contributed by atoms with Crippen LogP contribution in [0.2, 0.25) is 5.02 Å². The van der Waals surface area contributed by atoms with Crippen LogP contribution < -0.4 is 15.5 Å². The number of amides is 2. The van der Waals surface area contributed by atoms with E-state index in [4.69, 9.17) is 16.3 Å². The summed E-state index contributed by atoms with van der Waals surface area (Å²) in [5.41, 5.74) is 4.44. The largest absolute Gasteiger partial charge is 0.483 e. The molecule has 0 spiro atoms. The molecule has 0 saturated heterocycles. The van der Waals surface area contributed by atoms with Gasteiger partial charge < -0.3 is 10.1 Å². The Kier molecular flexibility index (Phi) is 7.72. The third-order valence-electron chi connectivity index (χ3n) is 4.44. The Hall–Kier alpha value is -4.24. The Bertz CT molecular complexity index is 1210. The van der Waals surface area contributed by atoms with Gasteiger partial charge in [0.2, 0.25) is 0 Å². The van der Waals surface area contributed by atoms with Gasteiger partial charge in [-0.15, -0.1) is 0 Å². The first-order chi connectivity index (χ1) is 15.8. The van der Waals surface area contributed by atoms with E-state index in [0.717, 1.165) is 5.56 Å². The first-order valence-corrected chi connectivity index (χ1v) is 10.1. The van der Waals surface area contributed by atoms with Crippen molar-refractivity contribution in [3.63, 3.8) is 0 Å². The summed E-state index contributed by atoms with van der Waals surface area (Å²) < 4.78 is 5.59. The molecular formula is C23H19ClN4O5. The van der Waals surface area contributed by atoms with E-state index in [0.29, 0.717) is 22.0 Å². The Morgan fingerprint density at radius 1 is 1.12 bits per heavy atom. The van der Waals surface area contributed by atoms with Crippen LogP contribution in [0.1, 0.15) is 21.5 Å². The normalized spacial score (nSPS) is 10.6. The van der Waals surface area contributed by atoms with Crippen LogP contribution in [0.15, 0.2) is 71.8 Å². The first kappa shape index (κ1) is 23.4. The minimum absolute atomic E-state index is 0.115. The third-order valence-corrected chi connectivity index (χ3v) is 4.85. The summed E-state index contributed by atoms with van der Waals surface area (Å²) in [4.78, 5) is 34.5. The highest BCUT2D eigenvalue weighted by atomic mass is 35.5. The van der Waals surface area contributed by atoms with Crippen LogP contribution in [0.5, 0.6) is 5.75 Å². The Morgan fingerprint density at radius 2 is 1.85 bits per heavy atom. The van der Waals surface area contributed by atoms with Gasteiger partial charge in [0, 0.05) is 34.0 Å². The molecule has 0 aromatic heterocycles. The molecule has 3 aromatic rings. The Morgan fingerprint density at radius 3 is 2.55 bits per heavy atom. The number of hydrazone groups is 1. The van der Waals surface area contributed by atoms with Crippen molar-refractivity contribution in [2.24, 2.45) is 5.10 Å². The summed E-state index contributed by atoms with van der Waals surface area (Å²) in [6.45, 7) is 1.62. The molecule has 0 bridgehead atoms. The maximum Gasteiger partial charge on any atom is 0.271 e. The average Bonchev–Trinajstić information content (AvgIpc) is 2.81. The van der Waals surface area contributed by atoms with Crippen molar-refractivity contribution < 1.29 is 19.2 Å². The number of anilines is 1. The Labute approximate surface area is 194 Å². The van der Waals surface area contributed by atoms with E-state index in [1.165, 1.54) is 30.5 Å². The van der Waals surface area contributed by atoms with Crippen molar-refractivity contribution in [3.8, 4) is 5.75 Å². The van der Waals surface area contributed by atoms with Crippen molar-refractivity contribution in [3.05, 3.63) is 98.6 Å². The van der Waals surface area contributed by atoms with E-state index < -0.39 is 10.8 Å². The molecule has 3 aromatic carbocycles. The van der Waals surface area contributed by atoms with Gasteiger partial charge in [0.25, 0.3) is 17.5 Å². The number of nitrogens with one attached hydrogen (secondary N) is 2. The molecule has 2 N–H and O–H groups in total. The van der Waals surface area contributed by atoms with Crippen molar-refractivity contribution in [1.82, 2.24) is 5.43 Å². The van der Waals surface area contributed by atoms with E-state index in [2.05, 4.69) is 15.8 Å². The summed E-state index contributed by atoms with van der Waals surface area (Å²) in [6.07, 6.45) is 1.37. The maximum absolute atomic E-state index is 12.2. The van der Waals surface area contributed by atoms with E-state index >= 15 is 0 Å². The number of rotatable bonds is 8. The molecule has 3 rings (SSSR count). The lowest BCUT2D eigenvalue weighted by Gasteiger charge is -2.10. The summed E-state index contributed by atoms with van der Waals surface area (Å²) in [6, 6.07) is 17.2. The number of carbonyl (C=O) groups excluding carboxylic acids is 2. The summed E-state index contributed by atoms with van der Waals surface area (Å²) in [5, 5.41) is 17.8. The topological polar surface area (TPSA) is 123 Å².